The largest absolute Gasteiger partial charge is 0.381 e. The van der Waals surface area contributed by atoms with Gasteiger partial charge in [0.25, 0.3) is 0 Å². The van der Waals surface area contributed by atoms with E-state index in [0.29, 0.717) is 11.6 Å². The van der Waals surface area contributed by atoms with E-state index in [2.05, 4.69) is 10.2 Å². The number of carbonyl (C=O) groups excluding carboxylic acids is 1. The topological polar surface area (TPSA) is 56.5 Å². The quantitative estimate of drug-likeness (QED) is 0.769. The molecule has 3 heterocycles. The van der Waals surface area contributed by atoms with Crippen LogP contribution in [0.5, 0.6) is 0 Å². The molecule has 0 spiro atoms. The fourth-order valence-corrected chi connectivity index (χ4v) is 2.48. The summed E-state index contributed by atoms with van der Waals surface area (Å²) >= 11 is 0. The fourth-order valence-electron chi connectivity index (χ4n) is 2.48. The summed E-state index contributed by atoms with van der Waals surface area (Å²) in [5, 5.41) is 8.30. The van der Waals surface area contributed by atoms with Gasteiger partial charge in [-0.1, -0.05) is 6.07 Å². The first-order valence-electron chi connectivity index (χ1n) is 6.24. The number of aromatic nitrogens is 3. The van der Waals surface area contributed by atoms with Crippen molar-refractivity contribution in [3.63, 3.8) is 0 Å². The molecule has 0 aromatic carbocycles. The van der Waals surface area contributed by atoms with E-state index in [-0.39, 0.29) is 0 Å². The molecule has 1 unspecified atom stereocenters. The molecule has 2 aromatic heterocycles. The number of pyridine rings is 1. The van der Waals surface area contributed by atoms with Crippen LogP contribution in [0.4, 0.5) is 0 Å². The van der Waals surface area contributed by atoms with Crippen molar-refractivity contribution < 1.29 is 9.53 Å². The van der Waals surface area contributed by atoms with E-state index in [4.69, 9.17) is 4.74 Å². The van der Waals surface area contributed by atoms with Gasteiger partial charge in [0, 0.05) is 19.6 Å². The zero-order valence-corrected chi connectivity index (χ0v) is 10.1. The Morgan fingerprint density at radius 1 is 1.44 bits per heavy atom. The first-order valence-corrected chi connectivity index (χ1v) is 6.24. The number of ether oxygens (including phenoxy) is 1. The highest BCUT2D eigenvalue weighted by atomic mass is 16.5. The Balaban J connectivity index is 1.93. The average molecular weight is 245 g/mol. The number of carbonyl (C=O) groups is 1. The van der Waals surface area contributed by atoms with Crippen LogP contribution >= 0.6 is 0 Å². The third kappa shape index (κ3) is 2.01. The van der Waals surface area contributed by atoms with Crippen molar-refractivity contribution in [2.45, 2.75) is 19.3 Å². The van der Waals surface area contributed by atoms with Gasteiger partial charge in [0.15, 0.2) is 11.9 Å². The summed E-state index contributed by atoms with van der Waals surface area (Å²) in [4.78, 5) is 11.1. The van der Waals surface area contributed by atoms with E-state index >= 15 is 0 Å². The van der Waals surface area contributed by atoms with E-state index in [0.717, 1.165) is 50.2 Å². The summed E-state index contributed by atoms with van der Waals surface area (Å²) < 4.78 is 7.31. The minimum Gasteiger partial charge on any atom is -0.381 e. The second kappa shape index (κ2) is 4.86. The maximum absolute atomic E-state index is 11.1. The molecule has 0 amide bonds. The zero-order chi connectivity index (χ0) is 12.4. The molecule has 1 saturated heterocycles. The van der Waals surface area contributed by atoms with Crippen molar-refractivity contribution in [3.8, 4) is 0 Å². The van der Waals surface area contributed by atoms with Gasteiger partial charge in [0.2, 0.25) is 0 Å². The Bertz CT molecular complexity index is 558. The van der Waals surface area contributed by atoms with E-state index < -0.39 is 0 Å². The molecule has 1 aliphatic heterocycles. The number of fused-ring (bicyclic) bond motifs is 1. The van der Waals surface area contributed by atoms with Crippen LogP contribution in [-0.4, -0.2) is 34.1 Å². The molecule has 0 saturated carbocycles. The van der Waals surface area contributed by atoms with Crippen molar-refractivity contribution in [2.75, 3.05) is 13.2 Å². The fraction of sp³-hybridized carbons (Fsp3) is 0.462. The molecule has 0 N–H and O–H groups in total. The number of rotatable bonds is 3. The number of hydrogen-bond donors (Lipinski definition) is 0. The standard InChI is InChI=1S/C13H15N3O2/c17-8-11-4-1-5-12-14-15-13(16(11)12)7-10-3-2-6-18-9-10/h1,4-5,8,10H,2-3,6-7,9H2. The van der Waals surface area contributed by atoms with Crippen LogP contribution in [0.25, 0.3) is 5.65 Å². The molecule has 5 nitrogen and oxygen atoms in total. The third-order valence-corrected chi connectivity index (χ3v) is 3.37. The lowest BCUT2D eigenvalue weighted by molar-refractivity contribution is 0.0542. The van der Waals surface area contributed by atoms with Gasteiger partial charge in [-0.25, -0.2) is 0 Å². The molecule has 18 heavy (non-hydrogen) atoms. The van der Waals surface area contributed by atoms with Crippen molar-refractivity contribution >= 4 is 11.9 Å². The molecule has 2 aromatic rings. The summed E-state index contributed by atoms with van der Waals surface area (Å²) in [5.41, 5.74) is 1.33. The smallest absolute Gasteiger partial charge is 0.166 e. The van der Waals surface area contributed by atoms with Crippen molar-refractivity contribution in [1.29, 1.82) is 0 Å². The van der Waals surface area contributed by atoms with Gasteiger partial charge >= 0.3 is 0 Å². The van der Waals surface area contributed by atoms with Gasteiger partial charge in [-0.3, -0.25) is 9.20 Å². The Labute approximate surface area is 105 Å². The highest BCUT2D eigenvalue weighted by molar-refractivity contribution is 5.73. The zero-order valence-electron chi connectivity index (χ0n) is 10.1. The maximum Gasteiger partial charge on any atom is 0.166 e. The van der Waals surface area contributed by atoms with Crippen molar-refractivity contribution in [2.24, 2.45) is 5.92 Å². The third-order valence-electron chi connectivity index (χ3n) is 3.37. The molecular formula is C13H15N3O2. The molecule has 94 valence electrons. The monoisotopic (exact) mass is 245 g/mol. The summed E-state index contributed by atoms with van der Waals surface area (Å²) in [6, 6.07) is 5.46. The molecule has 1 fully saturated rings. The number of nitrogens with zero attached hydrogens (tertiary/aromatic N) is 3. The lowest BCUT2D eigenvalue weighted by atomic mass is 9.98. The summed E-state index contributed by atoms with van der Waals surface area (Å²) in [7, 11) is 0. The summed E-state index contributed by atoms with van der Waals surface area (Å²) in [6.07, 6.45) is 3.91. The Hall–Kier alpha value is -1.75. The van der Waals surface area contributed by atoms with Crippen LogP contribution in [-0.2, 0) is 11.2 Å². The van der Waals surface area contributed by atoms with Gasteiger partial charge < -0.3 is 4.74 Å². The van der Waals surface area contributed by atoms with Crippen LogP contribution < -0.4 is 0 Å². The number of aldehydes is 1. The van der Waals surface area contributed by atoms with Crippen LogP contribution in [0.3, 0.4) is 0 Å². The average Bonchev–Trinajstić information content (AvgIpc) is 2.83. The van der Waals surface area contributed by atoms with Crippen LogP contribution in [0.15, 0.2) is 18.2 Å². The molecular weight excluding hydrogens is 230 g/mol. The van der Waals surface area contributed by atoms with Crippen LogP contribution in [0.1, 0.15) is 29.2 Å². The molecule has 5 heteroatoms. The van der Waals surface area contributed by atoms with E-state index in [1.54, 1.807) is 6.07 Å². The van der Waals surface area contributed by atoms with Gasteiger partial charge in [-0.2, -0.15) is 0 Å². The predicted octanol–water partition coefficient (Wildman–Crippen LogP) is 1.51. The first kappa shape index (κ1) is 11.3. The highest BCUT2D eigenvalue weighted by Gasteiger charge is 2.18. The molecule has 0 radical (unpaired) electrons. The molecule has 0 aliphatic carbocycles. The number of hydrogen-bond acceptors (Lipinski definition) is 4. The normalized spacial score (nSPS) is 20.1. The van der Waals surface area contributed by atoms with Crippen molar-refractivity contribution in [1.82, 2.24) is 14.6 Å². The van der Waals surface area contributed by atoms with Gasteiger partial charge in [-0.15, -0.1) is 10.2 Å². The Morgan fingerprint density at radius 3 is 3.17 bits per heavy atom. The van der Waals surface area contributed by atoms with E-state index in [1.807, 2.05) is 16.5 Å². The minimum atomic E-state index is 0.478. The lowest BCUT2D eigenvalue weighted by Gasteiger charge is -2.21. The summed E-state index contributed by atoms with van der Waals surface area (Å²) in [5.74, 6) is 1.33. The molecule has 0 bridgehead atoms. The Morgan fingerprint density at radius 2 is 2.39 bits per heavy atom. The second-order valence-electron chi connectivity index (χ2n) is 4.67. The van der Waals surface area contributed by atoms with Gasteiger partial charge in [-0.05, 0) is 30.9 Å². The van der Waals surface area contributed by atoms with E-state index in [9.17, 15) is 4.79 Å². The first-order chi connectivity index (χ1) is 8.88. The second-order valence-corrected chi connectivity index (χ2v) is 4.67. The SMILES string of the molecule is O=Cc1cccc2nnc(CC3CCCOC3)n12. The van der Waals surface area contributed by atoms with Gasteiger partial charge in [0.05, 0.1) is 5.69 Å². The summed E-state index contributed by atoms with van der Waals surface area (Å²) in [6.45, 7) is 1.63. The van der Waals surface area contributed by atoms with E-state index in [1.165, 1.54) is 0 Å². The molecule has 1 atom stereocenters. The van der Waals surface area contributed by atoms with Gasteiger partial charge in [0.1, 0.15) is 5.82 Å². The maximum atomic E-state index is 11.1. The van der Waals surface area contributed by atoms with Crippen molar-refractivity contribution in [3.05, 3.63) is 29.7 Å². The molecule has 1 aliphatic rings. The minimum absolute atomic E-state index is 0.478. The predicted molar refractivity (Wildman–Crippen MR) is 65.6 cm³/mol. The lowest BCUT2D eigenvalue weighted by Crippen LogP contribution is -2.20. The highest BCUT2D eigenvalue weighted by Crippen LogP contribution is 2.19. The van der Waals surface area contributed by atoms with Crippen LogP contribution in [0.2, 0.25) is 0 Å². The Kier molecular flexibility index (Phi) is 3.06. The molecule has 3 rings (SSSR count). The van der Waals surface area contributed by atoms with Crippen LogP contribution in [0, 0.1) is 5.92 Å².